The van der Waals surface area contributed by atoms with Gasteiger partial charge in [-0.3, -0.25) is 0 Å². The molecular weight excluding hydrogens is 420 g/mol. The number of ether oxygens (including phenoxy) is 2. The van der Waals surface area contributed by atoms with E-state index in [1.54, 1.807) is 12.3 Å². The Bertz CT molecular complexity index is 1280. The van der Waals surface area contributed by atoms with Gasteiger partial charge >= 0.3 is 6.03 Å². The minimum atomic E-state index is -0.577. The van der Waals surface area contributed by atoms with E-state index in [1.807, 2.05) is 55.5 Å². The Labute approximate surface area is 190 Å². The summed E-state index contributed by atoms with van der Waals surface area (Å²) in [7, 11) is 0. The molecule has 1 unspecified atom stereocenters. The first kappa shape index (κ1) is 20.8. The van der Waals surface area contributed by atoms with E-state index in [4.69, 9.17) is 19.6 Å². The number of hydrogen-bond acceptors (Lipinski definition) is 6. The van der Waals surface area contributed by atoms with Crippen molar-refractivity contribution in [3.63, 3.8) is 0 Å². The normalized spacial score (nSPS) is 14.1. The van der Waals surface area contributed by atoms with E-state index >= 15 is 0 Å². The van der Waals surface area contributed by atoms with Gasteiger partial charge in [0.2, 0.25) is 11.8 Å². The van der Waals surface area contributed by atoms with Gasteiger partial charge in [-0.1, -0.05) is 12.1 Å². The second-order valence-electron chi connectivity index (χ2n) is 8.19. The molecule has 0 bridgehead atoms. The average Bonchev–Trinajstić information content (AvgIpc) is 3.54. The minimum Gasteiger partial charge on any atom is -0.493 e. The number of aromatic nitrogens is 2. The monoisotopic (exact) mass is 444 g/mol. The number of rotatable bonds is 8. The lowest BCUT2D eigenvalue weighted by Gasteiger charge is -2.11. The smallest absolute Gasteiger partial charge is 0.312 e. The molecule has 4 aromatic rings. The number of hydrogen-bond donors (Lipinski definition) is 2. The molecule has 1 fully saturated rings. The highest BCUT2D eigenvalue weighted by molar-refractivity contribution is 5.77. The highest BCUT2D eigenvalue weighted by Gasteiger charge is 2.22. The first-order valence-electron chi connectivity index (χ1n) is 10.9. The van der Waals surface area contributed by atoms with Crippen molar-refractivity contribution in [1.82, 2.24) is 15.3 Å². The summed E-state index contributed by atoms with van der Waals surface area (Å²) in [5, 5.41) is 2.65. The quantitative estimate of drug-likeness (QED) is 0.386. The molecule has 2 aromatic carbocycles. The Kier molecular flexibility index (Phi) is 5.56. The number of nitrogens with one attached hydrogen (secondary N) is 1. The van der Waals surface area contributed by atoms with Gasteiger partial charge in [0.15, 0.2) is 5.58 Å². The van der Waals surface area contributed by atoms with E-state index < -0.39 is 6.03 Å². The number of pyridine rings is 1. The van der Waals surface area contributed by atoms with Crippen molar-refractivity contribution in [2.45, 2.75) is 25.8 Å². The van der Waals surface area contributed by atoms with E-state index in [-0.39, 0.29) is 6.04 Å². The molecule has 33 heavy (non-hydrogen) atoms. The van der Waals surface area contributed by atoms with Crippen LogP contribution in [0.4, 0.5) is 4.79 Å². The van der Waals surface area contributed by atoms with Crippen LogP contribution in [0.3, 0.4) is 0 Å². The molecule has 8 nitrogen and oxygen atoms in total. The molecule has 0 saturated heterocycles. The maximum Gasteiger partial charge on any atom is 0.312 e. The second-order valence-corrected chi connectivity index (χ2v) is 8.19. The summed E-state index contributed by atoms with van der Waals surface area (Å²) in [5.74, 6) is 3.06. The largest absolute Gasteiger partial charge is 0.493 e. The van der Waals surface area contributed by atoms with Crippen LogP contribution in [0, 0.1) is 5.92 Å². The van der Waals surface area contributed by atoms with Crippen molar-refractivity contribution >= 4 is 17.1 Å². The van der Waals surface area contributed by atoms with Gasteiger partial charge in [-0.15, -0.1) is 0 Å². The fourth-order valence-corrected chi connectivity index (χ4v) is 3.44. The van der Waals surface area contributed by atoms with Gasteiger partial charge in [-0.05, 0) is 61.6 Å². The molecule has 168 valence electrons. The molecule has 2 heterocycles. The zero-order chi connectivity index (χ0) is 22.8. The molecule has 0 radical (unpaired) electrons. The molecule has 1 aliphatic carbocycles. The fraction of sp³-hybridized carbons (Fsp3) is 0.240. The van der Waals surface area contributed by atoms with Crippen LogP contribution in [0.1, 0.15) is 31.4 Å². The highest BCUT2D eigenvalue weighted by atomic mass is 16.5. The van der Waals surface area contributed by atoms with Crippen LogP contribution >= 0.6 is 0 Å². The van der Waals surface area contributed by atoms with E-state index in [9.17, 15) is 4.79 Å². The lowest BCUT2D eigenvalue weighted by atomic mass is 10.1. The predicted molar refractivity (Wildman–Crippen MR) is 123 cm³/mol. The Balaban J connectivity index is 1.29. The van der Waals surface area contributed by atoms with Crippen LogP contribution in [0.5, 0.6) is 17.4 Å². The molecule has 2 aromatic heterocycles. The molecule has 1 saturated carbocycles. The maximum absolute atomic E-state index is 11.1. The van der Waals surface area contributed by atoms with Gasteiger partial charge in [0.1, 0.15) is 17.0 Å². The highest BCUT2D eigenvalue weighted by Crippen LogP contribution is 2.31. The summed E-state index contributed by atoms with van der Waals surface area (Å²) in [6.07, 6.45) is 4.16. The molecule has 1 atom stereocenters. The molecular formula is C25H24N4O4. The molecule has 0 spiro atoms. The van der Waals surface area contributed by atoms with Crippen LogP contribution in [-0.2, 0) is 0 Å². The van der Waals surface area contributed by atoms with Crippen LogP contribution in [0.15, 0.2) is 65.2 Å². The van der Waals surface area contributed by atoms with Gasteiger partial charge in [-0.25, -0.2) is 14.8 Å². The average molecular weight is 444 g/mol. The van der Waals surface area contributed by atoms with Gasteiger partial charge in [0.05, 0.1) is 18.2 Å². The van der Waals surface area contributed by atoms with Crippen LogP contribution in [0.25, 0.3) is 22.6 Å². The number of nitrogens with zero attached hydrogens (tertiary/aromatic N) is 2. The number of carbonyl (C=O) groups is 1. The lowest BCUT2D eigenvalue weighted by molar-refractivity contribution is 0.246. The summed E-state index contributed by atoms with van der Waals surface area (Å²) in [5.41, 5.74) is 8.13. The van der Waals surface area contributed by atoms with E-state index in [1.165, 1.54) is 12.8 Å². The van der Waals surface area contributed by atoms with E-state index in [2.05, 4.69) is 15.3 Å². The zero-order valence-corrected chi connectivity index (χ0v) is 18.2. The minimum absolute atomic E-state index is 0.240. The SMILES string of the molecule is CC(NC(N)=O)c1ccc2nc(-c3ccc(Oc4cccc(OCC5CC5)c4)nc3)oc2c1. The zero-order valence-electron chi connectivity index (χ0n) is 18.2. The summed E-state index contributed by atoms with van der Waals surface area (Å²) in [6.45, 7) is 2.60. The maximum atomic E-state index is 11.1. The second kappa shape index (κ2) is 8.82. The van der Waals surface area contributed by atoms with E-state index in [0.29, 0.717) is 34.5 Å². The Morgan fingerprint density at radius 1 is 1.18 bits per heavy atom. The topological polar surface area (TPSA) is 112 Å². The molecule has 2 amide bonds. The summed E-state index contributed by atoms with van der Waals surface area (Å²) < 4.78 is 17.6. The molecule has 1 aliphatic rings. The molecule has 5 rings (SSSR count). The van der Waals surface area contributed by atoms with Gasteiger partial charge in [0, 0.05) is 18.3 Å². The number of urea groups is 1. The summed E-state index contributed by atoms with van der Waals surface area (Å²) in [4.78, 5) is 20.0. The van der Waals surface area contributed by atoms with Crippen molar-refractivity contribution in [3.8, 4) is 28.8 Å². The van der Waals surface area contributed by atoms with Crippen molar-refractivity contribution in [1.29, 1.82) is 0 Å². The Morgan fingerprint density at radius 2 is 2.03 bits per heavy atom. The predicted octanol–water partition coefficient (Wildman–Crippen LogP) is 5.20. The molecule has 3 N–H and O–H groups in total. The Morgan fingerprint density at radius 3 is 2.79 bits per heavy atom. The third-order valence-corrected chi connectivity index (χ3v) is 5.47. The number of benzene rings is 2. The van der Waals surface area contributed by atoms with Crippen LogP contribution in [0.2, 0.25) is 0 Å². The van der Waals surface area contributed by atoms with Gasteiger partial charge in [0.25, 0.3) is 0 Å². The van der Waals surface area contributed by atoms with Crippen LogP contribution < -0.4 is 20.5 Å². The van der Waals surface area contributed by atoms with Crippen LogP contribution in [-0.4, -0.2) is 22.6 Å². The Hall–Kier alpha value is -4.07. The summed E-state index contributed by atoms with van der Waals surface area (Å²) >= 11 is 0. The third-order valence-electron chi connectivity index (χ3n) is 5.47. The first-order valence-corrected chi connectivity index (χ1v) is 10.9. The lowest BCUT2D eigenvalue weighted by Crippen LogP contribution is -2.31. The number of primary amides is 1. The summed E-state index contributed by atoms with van der Waals surface area (Å²) in [6, 6.07) is 15.9. The number of oxazole rings is 1. The van der Waals surface area contributed by atoms with Crippen molar-refractivity contribution in [2.75, 3.05) is 6.61 Å². The van der Waals surface area contributed by atoms with Gasteiger partial charge < -0.3 is 24.9 Å². The fourth-order valence-electron chi connectivity index (χ4n) is 3.44. The molecule has 0 aliphatic heterocycles. The van der Waals surface area contributed by atoms with Crippen molar-refractivity contribution in [2.24, 2.45) is 11.7 Å². The van der Waals surface area contributed by atoms with Crippen molar-refractivity contribution in [3.05, 3.63) is 66.4 Å². The number of carbonyl (C=O) groups excluding carboxylic acids is 1. The third kappa shape index (κ3) is 5.06. The molecule has 8 heteroatoms. The first-order chi connectivity index (χ1) is 16.0. The number of nitrogens with two attached hydrogens (primary N) is 1. The standard InChI is InChI=1S/C25H24N4O4/c1-15(28-25(26)30)17-7-9-21-22(11-17)33-24(29-21)18-8-10-23(27-13-18)32-20-4-2-3-19(12-20)31-14-16-5-6-16/h2-4,7-13,15-16H,5-6,14H2,1H3,(H3,26,28,30). The van der Waals surface area contributed by atoms with Crippen molar-refractivity contribution < 1.29 is 18.7 Å². The van der Waals surface area contributed by atoms with Gasteiger partial charge in [-0.2, -0.15) is 0 Å². The number of amides is 2. The van der Waals surface area contributed by atoms with E-state index in [0.717, 1.165) is 23.5 Å². The number of fused-ring (bicyclic) bond motifs is 1.